The molecule has 1 heterocycles. The van der Waals surface area contributed by atoms with Gasteiger partial charge in [-0.05, 0) is 70.6 Å². The Balaban J connectivity index is 1.95. The van der Waals surface area contributed by atoms with Crippen molar-refractivity contribution in [3.05, 3.63) is 69.8 Å². The van der Waals surface area contributed by atoms with Gasteiger partial charge in [-0.3, -0.25) is 0 Å². The Morgan fingerprint density at radius 2 is 1.57 bits per heavy atom. The van der Waals surface area contributed by atoms with Gasteiger partial charge in [0, 0.05) is 14.5 Å². The molecule has 0 fully saturated rings. The average molecular weight is 384 g/mol. The summed E-state index contributed by atoms with van der Waals surface area (Å²) >= 11 is 2.37. The third-order valence-electron chi connectivity index (χ3n) is 3.77. The molecule has 4 aromatic rings. The van der Waals surface area contributed by atoms with Crippen LogP contribution in [0.3, 0.4) is 0 Å². The van der Waals surface area contributed by atoms with Crippen LogP contribution in [-0.4, -0.2) is 0 Å². The van der Waals surface area contributed by atoms with Crippen molar-refractivity contribution in [1.82, 2.24) is 0 Å². The van der Waals surface area contributed by atoms with E-state index in [1.807, 2.05) is 0 Å². The Kier molecular flexibility index (Phi) is 3.00. The summed E-state index contributed by atoms with van der Waals surface area (Å²) in [5.41, 5.74) is 3.37. The van der Waals surface area contributed by atoms with Crippen LogP contribution in [0.4, 0.5) is 0 Å². The highest BCUT2D eigenvalue weighted by atomic mass is 127. The summed E-state index contributed by atoms with van der Waals surface area (Å²) in [6.45, 7) is 2.11. The van der Waals surface area contributed by atoms with E-state index in [1.54, 1.807) is 0 Å². The van der Waals surface area contributed by atoms with Gasteiger partial charge in [-0.15, -0.1) is 0 Å². The van der Waals surface area contributed by atoms with Gasteiger partial charge in [0.1, 0.15) is 11.3 Å². The van der Waals surface area contributed by atoms with Crippen molar-refractivity contribution in [1.29, 1.82) is 0 Å². The topological polar surface area (TPSA) is 13.1 Å². The zero-order valence-electron chi connectivity index (χ0n) is 11.6. The molecule has 4 rings (SSSR count). The number of aryl methyl sites for hydroxylation is 1. The van der Waals surface area contributed by atoms with Gasteiger partial charge in [0.05, 0.1) is 0 Å². The molecule has 0 spiro atoms. The van der Waals surface area contributed by atoms with E-state index in [2.05, 4.69) is 90.2 Å². The van der Waals surface area contributed by atoms with Gasteiger partial charge in [-0.25, -0.2) is 0 Å². The van der Waals surface area contributed by atoms with Gasteiger partial charge >= 0.3 is 0 Å². The average Bonchev–Trinajstić information content (AvgIpc) is 2.87. The first-order chi connectivity index (χ1) is 10.2. The van der Waals surface area contributed by atoms with Crippen LogP contribution in [0, 0.1) is 10.5 Å². The maximum absolute atomic E-state index is 6.08. The lowest BCUT2D eigenvalue weighted by Gasteiger charge is -2.01. The molecule has 0 aliphatic carbocycles. The van der Waals surface area contributed by atoms with Gasteiger partial charge < -0.3 is 4.42 Å². The minimum atomic E-state index is 0.935. The molecule has 0 bridgehead atoms. The van der Waals surface area contributed by atoms with Crippen molar-refractivity contribution in [3.63, 3.8) is 0 Å². The molecule has 3 aromatic carbocycles. The molecule has 1 aromatic heterocycles. The summed E-state index contributed by atoms with van der Waals surface area (Å²) in [5, 5.41) is 3.61. The molecule has 21 heavy (non-hydrogen) atoms. The molecule has 102 valence electrons. The second-order valence-electron chi connectivity index (χ2n) is 5.33. The number of benzene rings is 3. The van der Waals surface area contributed by atoms with Crippen molar-refractivity contribution in [2.45, 2.75) is 6.92 Å². The highest BCUT2D eigenvalue weighted by Gasteiger charge is 2.10. The van der Waals surface area contributed by atoms with E-state index in [1.165, 1.54) is 19.9 Å². The van der Waals surface area contributed by atoms with Crippen LogP contribution in [0.1, 0.15) is 5.56 Å². The zero-order chi connectivity index (χ0) is 14.4. The minimum Gasteiger partial charge on any atom is -0.456 e. The molecule has 0 aliphatic heterocycles. The van der Waals surface area contributed by atoms with Crippen LogP contribution in [0.15, 0.2) is 65.1 Å². The van der Waals surface area contributed by atoms with Crippen LogP contribution >= 0.6 is 22.6 Å². The normalized spacial score (nSPS) is 11.3. The lowest BCUT2D eigenvalue weighted by atomic mass is 10.1. The van der Waals surface area contributed by atoms with Gasteiger partial charge in [0.2, 0.25) is 0 Å². The van der Waals surface area contributed by atoms with Gasteiger partial charge in [0.15, 0.2) is 0 Å². The maximum Gasteiger partial charge on any atom is 0.136 e. The quantitative estimate of drug-likeness (QED) is 0.358. The minimum absolute atomic E-state index is 0.935. The highest BCUT2D eigenvalue weighted by Crippen LogP contribution is 2.33. The summed E-state index contributed by atoms with van der Waals surface area (Å²) in [4.78, 5) is 0. The van der Waals surface area contributed by atoms with Crippen molar-refractivity contribution in [3.8, 4) is 11.3 Å². The zero-order valence-corrected chi connectivity index (χ0v) is 13.7. The number of rotatable bonds is 1. The fourth-order valence-electron chi connectivity index (χ4n) is 2.68. The summed E-state index contributed by atoms with van der Waals surface area (Å²) in [5.74, 6) is 0.935. The van der Waals surface area contributed by atoms with Crippen molar-refractivity contribution < 1.29 is 4.42 Å². The summed E-state index contributed by atoms with van der Waals surface area (Å²) in [6.07, 6.45) is 0. The van der Waals surface area contributed by atoms with Crippen LogP contribution in [0.2, 0.25) is 0 Å². The molecule has 0 amide bonds. The first-order valence-corrected chi connectivity index (χ1v) is 7.97. The molecule has 0 saturated heterocycles. The molecular formula is C19H13IO. The van der Waals surface area contributed by atoms with Crippen LogP contribution in [0.5, 0.6) is 0 Å². The third kappa shape index (κ3) is 2.23. The first kappa shape index (κ1) is 12.9. The van der Waals surface area contributed by atoms with Crippen molar-refractivity contribution in [2.75, 3.05) is 0 Å². The van der Waals surface area contributed by atoms with E-state index in [0.717, 1.165) is 22.3 Å². The molecule has 0 N–H and O–H groups in total. The largest absolute Gasteiger partial charge is 0.456 e. The highest BCUT2D eigenvalue weighted by molar-refractivity contribution is 14.1. The van der Waals surface area contributed by atoms with Crippen LogP contribution in [0.25, 0.3) is 33.1 Å². The fourth-order valence-corrected chi connectivity index (χ4v) is 3.62. The number of fused-ring (bicyclic) bond motifs is 2. The smallest absolute Gasteiger partial charge is 0.136 e. The Labute approximate surface area is 136 Å². The number of halogens is 1. The lowest BCUT2D eigenvalue weighted by Crippen LogP contribution is -1.81. The molecule has 1 nitrogen and oxygen atoms in total. The van der Waals surface area contributed by atoms with Gasteiger partial charge in [-0.2, -0.15) is 0 Å². The number of hydrogen-bond acceptors (Lipinski definition) is 1. The maximum atomic E-state index is 6.08. The second-order valence-corrected chi connectivity index (χ2v) is 6.49. The lowest BCUT2D eigenvalue weighted by molar-refractivity contribution is 0.631. The predicted molar refractivity (Wildman–Crippen MR) is 96.6 cm³/mol. The van der Waals surface area contributed by atoms with Gasteiger partial charge in [0.25, 0.3) is 0 Å². The van der Waals surface area contributed by atoms with Crippen molar-refractivity contribution in [2.24, 2.45) is 0 Å². The van der Waals surface area contributed by atoms with E-state index in [0.29, 0.717) is 0 Å². The Hall–Kier alpha value is -1.81. The molecule has 2 heteroatoms. The van der Waals surface area contributed by atoms with E-state index in [-0.39, 0.29) is 0 Å². The third-order valence-corrected chi connectivity index (χ3v) is 4.67. The van der Waals surface area contributed by atoms with Crippen LogP contribution < -0.4 is 0 Å². The Morgan fingerprint density at radius 3 is 2.33 bits per heavy atom. The SMILES string of the molecule is Cc1ccc(-c2cc3cc4ccccc4cc3o2)c(I)c1. The van der Waals surface area contributed by atoms with E-state index in [4.69, 9.17) is 4.42 Å². The molecule has 0 atom stereocenters. The first-order valence-electron chi connectivity index (χ1n) is 6.89. The molecule has 0 radical (unpaired) electrons. The summed E-state index contributed by atoms with van der Waals surface area (Å²) < 4.78 is 7.30. The molecule has 0 unspecified atom stereocenters. The molecule has 0 aliphatic rings. The number of hydrogen-bond donors (Lipinski definition) is 0. The van der Waals surface area contributed by atoms with Crippen LogP contribution in [-0.2, 0) is 0 Å². The Morgan fingerprint density at radius 1 is 0.810 bits per heavy atom. The van der Waals surface area contributed by atoms with E-state index >= 15 is 0 Å². The van der Waals surface area contributed by atoms with E-state index in [9.17, 15) is 0 Å². The second kappa shape index (κ2) is 4.88. The molecular weight excluding hydrogens is 371 g/mol. The van der Waals surface area contributed by atoms with Crippen molar-refractivity contribution >= 4 is 44.3 Å². The fraction of sp³-hybridized carbons (Fsp3) is 0.0526. The van der Waals surface area contributed by atoms with Gasteiger partial charge in [-0.1, -0.05) is 35.9 Å². The standard InChI is InChI=1S/C19H13IO/c1-12-6-7-16(17(20)8-12)19-11-15-9-13-4-2-3-5-14(13)10-18(15)21-19/h2-11H,1H3. The monoisotopic (exact) mass is 384 g/mol. The predicted octanol–water partition coefficient (Wildman–Crippen LogP) is 6.17. The number of furan rings is 1. The van der Waals surface area contributed by atoms with E-state index < -0.39 is 0 Å². The molecule has 0 saturated carbocycles. The Bertz CT molecular complexity index is 913. The summed E-state index contributed by atoms with van der Waals surface area (Å²) in [7, 11) is 0. The summed E-state index contributed by atoms with van der Waals surface area (Å²) in [6, 6.07) is 21.3.